The predicted octanol–water partition coefficient (Wildman–Crippen LogP) is 0.516. The van der Waals surface area contributed by atoms with Gasteiger partial charge in [-0.25, -0.2) is 9.59 Å². The van der Waals surface area contributed by atoms with Crippen molar-refractivity contribution in [2.45, 2.75) is 13.3 Å². The number of benzene rings is 1. The molecular formula is C12H13N3O6. The second-order valence-corrected chi connectivity index (χ2v) is 3.78. The molecule has 112 valence electrons. The summed E-state index contributed by atoms with van der Waals surface area (Å²) < 4.78 is 4.40. The number of hydrogen-bond acceptors (Lipinski definition) is 7. The minimum atomic E-state index is -1.27. The Hall–Kier alpha value is -2.97. The molecular weight excluding hydrogens is 282 g/mol. The van der Waals surface area contributed by atoms with Gasteiger partial charge in [-0.15, -0.1) is 0 Å². The molecule has 0 saturated heterocycles. The Morgan fingerprint density at radius 3 is 2.43 bits per heavy atom. The summed E-state index contributed by atoms with van der Waals surface area (Å²) >= 11 is 0. The molecule has 0 radical (unpaired) electrons. The van der Waals surface area contributed by atoms with E-state index in [1.54, 1.807) is 0 Å². The summed E-state index contributed by atoms with van der Waals surface area (Å²) in [5.41, 5.74) is 6.09. The summed E-state index contributed by atoms with van der Waals surface area (Å²) in [6.07, 6.45) is 0.105. The van der Waals surface area contributed by atoms with Crippen LogP contribution in [0.1, 0.15) is 12.5 Å². The number of nitro groups is 1. The van der Waals surface area contributed by atoms with Crippen LogP contribution in [0.25, 0.3) is 0 Å². The van der Waals surface area contributed by atoms with Gasteiger partial charge in [0.25, 0.3) is 5.69 Å². The number of nitrogens with zero attached hydrogens (tertiary/aromatic N) is 2. The molecule has 2 N–H and O–H groups in total. The van der Waals surface area contributed by atoms with E-state index in [4.69, 9.17) is 5.73 Å². The van der Waals surface area contributed by atoms with Crippen molar-refractivity contribution in [3.8, 4) is 0 Å². The lowest BCUT2D eigenvalue weighted by Crippen LogP contribution is -2.21. The van der Waals surface area contributed by atoms with Gasteiger partial charge in [-0.1, -0.05) is 17.3 Å². The Labute approximate surface area is 119 Å². The summed E-state index contributed by atoms with van der Waals surface area (Å²) in [5, 5.41) is 13.8. The van der Waals surface area contributed by atoms with Crippen LogP contribution in [0.4, 0.5) is 5.69 Å². The van der Waals surface area contributed by atoms with E-state index in [9.17, 15) is 19.7 Å². The first-order valence-electron chi connectivity index (χ1n) is 5.87. The van der Waals surface area contributed by atoms with E-state index in [1.807, 2.05) is 0 Å². The number of ether oxygens (including phenoxy) is 1. The van der Waals surface area contributed by atoms with E-state index in [-0.39, 0.29) is 24.6 Å². The fourth-order valence-corrected chi connectivity index (χ4v) is 1.30. The van der Waals surface area contributed by atoms with Gasteiger partial charge in [0.2, 0.25) is 0 Å². The van der Waals surface area contributed by atoms with Crippen molar-refractivity contribution in [2.24, 2.45) is 10.9 Å². The number of amidine groups is 1. The van der Waals surface area contributed by atoms with Gasteiger partial charge in [0, 0.05) is 18.6 Å². The third kappa shape index (κ3) is 5.27. The number of hydrogen-bond donors (Lipinski definition) is 1. The van der Waals surface area contributed by atoms with Crippen LogP contribution in [-0.4, -0.2) is 29.3 Å². The van der Waals surface area contributed by atoms with Crippen LogP contribution in [0, 0.1) is 10.1 Å². The fourth-order valence-electron chi connectivity index (χ4n) is 1.30. The zero-order chi connectivity index (χ0) is 15.8. The maximum Gasteiger partial charge on any atom is 0.443 e. The van der Waals surface area contributed by atoms with Gasteiger partial charge < -0.3 is 15.3 Å². The van der Waals surface area contributed by atoms with Crippen LogP contribution < -0.4 is 5.73 Å². The molecule has 0 heterocycles. The topological polar surface area (TPSA) is 134 Å². The lowest BCUT2D eigenvalue weighted by Gasteiger charge is -2.01. The predicted molar refractivity (Wildman–Crippen MR) is 71.1 cm³/mol. The molecule has 0 aromatic heterocycles. The van der Waals surface area contributed by atoms with E-state index in [2.05, 4.69) is 14.7 Å². The Bertz CT molecular complexity index is 567. The molecule has 21 heavy (non-hydrogen) atoms. The van der Waals surface area contributed by atoms with Gasteiger partial charge in [-0.2, -0.15) is 0 Å². The minimum Gasteiger partial charge on any atom is -0.458 e. The summed E-state index contributed by atoms with van der Waals surface area (Å²) in [5.74, 6) is -2.51. The van der Waals surface area contributed by atoms with Crippen molar-refractivity contribution in [3.05, 3.63) is 39.9 Å². The van der Waals surface area contributed by atoms with Crippen molar-refractivity contribution in [1.29, 1.82) is 0 Å². The van der Waals surface area contributed by atoms with E-state index < -0.39 is 16.9 Å². The number of rotatable bonds is 5. The highest BCUT2D eigenvalue weighted by Crippen LogP contribution is 2.12. The number of oxime groups is 1. The fraction of sp³-hybridized carbons (Fsp3) is 0.250. The van der Waals surface area contributed by atoms with Crippen LogP contribution in [0.3, 0.4) is 0 Å². The Balaban J connectivity index is 2.57. The molecule has 0 spiro atoms. The number of carbonyl (C=O) groups is 2. The summed E-state index contributed by atoms with van der Waals surface area (Å²) in [7, 11) is 0. The van der Waals surface area contributed by atoms with Crippen LogP contribution in [0.15, 0.2) is 29.4 Å². The number of nitrogens with two attached hydrogens (primary N) is 1. The number of nitro benzene ring substituents is 1. The molecule has 1 rings (SSSR count). The Kier molecular flexibility index (Phi) is 5.80. The highest BCUT2D eigenvalue weighted by molar-refractivity contribution is 6.29. The van der Waals surface area contributed by atoms with E-state index in [1.165, 1.54) is 31.2 Å². The quantitative estimate of drug-likeness (QED) is 0.159. The first-order chi connectivity index (χ1) is 9.93. The Morgan fingerprint density at radius 1 is 1.29 bits per heavy atom. The molecule has 1 aromatic carbocycles. The normalized spacial score (nSPS) is 10.8. The molecule has 0 unspecified atom stereocenters. The van der Waals surface area contributed by atoms with E-state index >= 15 is 0 Å². The van der Waals surface area contributed by atoms with Crippen LogP contribution in [0.2, 0.25) is 0 Å². The second-order valence-electron chi connectivity index (χ2n) is 3.78. The van der Waals surface area contributed by atoms with E-state index in [0.29, 0.717) is 5.56 Å². The smallest absolute Gasteiger partial charge is 0.443 e. The van der Waals surface area contributed by atoms with Gasteiger partial charge in [0.05, 0.1) is 11.5 Å². The SMILES string of the molecule is CCOC(=O)C(=O)ON=C(N)Cc1ccc([N+](=O)[O-])cc1. The minimum absolute atomic E-state index is 0.0376. The maximum absolute atomic E-state index is 11.1. The van der Waals surface area contributed by atoms with Gasteiger partial charge in [0.15, 0.2) is 0 Å². The van der Waals surface area contributed by atoms with Crippen LogP contribution in [0.5, 0.6) is 0 Å². The molecule has 0 saturated carbocycles. The highest BCUT2D eigenvalue weighted by Gasteiger charge is 2.17. The summed E-state index contributed by atoms with van der Waals surface area (Å²) in [6.45, 7) is 1.58. The summed E-state index contributed by atoms with van der Waals surface area (Å²) in [4.78, 5) is 36.3. The number of esters is 1. The summed E-state index contributed by atoms with van der Waals surface area (Å²) in [6, 6.07) is 5.61. The number of carbonyl (C=O) groups excluding carboxylic acids is 2. The zero-order valence-electron chi connectivity index (χ0n) is 11.1. The third-order valence-electron chi connectivity index (χ3n) is 2.22. The molecule has 0 fully saturated rings. The monoisotopic (exact) mass is 295 g/mol. The van der Waals surface area contributed by atoms with Crippen molar-refractivity contribution < 1.29 is 24.1 Å². The highest BCUT2D eigenvalue weighted by atomic mass is 16.7. The molecule has 9 heteroatoms. The molecule has 0 aliphatic rings. The first-order valence-corrected chi connectivity index (χ1v) is 5.87. The second kappa shape index (κ2) is 7.58. The largest absolute Gasteiger partial charge is 0.458 e. The maximum atomic E-state index is 11.1. The molecule has 1 aromatic rings. The standard InChI is InChI=1S/C12H13N3O6/c1-2-20-11(16)12(17)21-14-10(13)7-8-3-5-9(6-4-8)15(18)19/h3-6H,2,7H2,1H3,(H2,13,14). The first kappa shape index (κ1) is 16.1. The van der Waals surface area contributed by atoms with Crippen LogP contribution >= 0.6 is 0 Å². The molecule has 0 aliphatic heterocycles. The lowest BCUT2D eigenvalue weighted by molar-refractivity contribution is -0.384. The van der Waals surface area contributed by atoms with Crippen molar-refractivity contribution >= 4 is 23.5 Å². The van der Waals surface area contributed by atoms with Gasteiger partial charge in [-0.05, 0) is 12.5 Å². The van der Waals surface area contributed by atoms with Gasteiger partial charge >= 0.3 is 11.9 Å². The number of non-ortho nitro benzene ring substituents is 1. The molecule has 0 bridgehead atoms. The molecule has 9 nitrogen and oxygen atoms in total. The molecule has 0 amide bonds. The van der Waals surface area contributed by atoms with Crippen LogP contribution in [-0.2, 0) is 25.6 Å². The van der Waals surface area contributed by atoms with Gasteiger partial charge in [0.1, 0.15) is 5.84 Å². The van der Waals surface area contributed by atoms with Crippen molar-refractivity contribution in [1.82, 2.24) is 0 Å². The van der Waals surface area contributed by atoms with E-state index in [0.717, 1.165) is 0 Å². The molecule has 0 aliphatic carbocycles. The average Bonchev–Trinajstić information content (AvgIpc) is 2.45. The molecule has 0 atom stereocenters. The lowest BCUT2D eigenvalue weighted by atomic mass is 10.1. The Morgan fingerprint density at radius 2 is 1.90 bits per heavy atom. The van der Waals surface area contributed by atoms with Gasteiger partial charge in [-0.3, -0.25) is 10.1 Å². The van der Waals surface area contributed by atoms with Crippen molar-refractivity contribution in [3.63, 3.8) is 0 Å². The third-order valence-corrected chi connectivity index (χ3v) is 2.22. The average molecular weight is 295 g/mol. The van der Waals surface area contributed by atoms with Crippen molar-refractivity contribution in [2.75, 3.05) is 6.61 Å². The zero-order valence-corrected chi connectivity index (χ0v) is 11.1.